The lowest BCUT2D eigenvalue weighted by Crippen LogP contribution is -2.43. The van der Waals surface area contributed by atoms with Crippen LogP contribution in [-0.2, 0) is 18.1 Å². The van der Waals surface area contributed by atoms with Gasteiger partial charge in [-0.25, -0.2) is 0 Å². The SMILES string of the molecule is Br.C=CC(=O)Nc1ccc(N(CCC[Si](OC)(OC)OC)c2ccccc2)cc1. The maximum Gasteiger partial charge on any atom is 0.500 e. The summed E-state index contributed by atoms with van der Waals surface area (Å²) in [6, 6.07) is 18.6. The lowest BCUT2D eigenvalue weighted by Gasteiger charge is -2.28. The Morgan fingerprint density at radius 3 is 2.07 bits per heavy atom. The summed E-state index contributed by atoms with van der Waals surface area (Å²) in [5.74, 6) is -0.229. The minimum atomic E-state index is -2.60. The van der Waals surface area contributed by atoms with Crippen LogP contribution in [0, 0.1) is 0 Å². The van der Waals surface area contributed by atoms with Crippen molar-refractivity contribution in [2.24, 2.45) is 0 Å². The number of hydrogen-bond acceptors (Lipinski definition) is 5. The summed E-state index contributed by atoms with van der Waals surface area (Å²) in [7, 11) is 2.29. The summed E-state index contributed by atoms with van der Waals surface area (Å²) in [6.07, 6.45) is 2.09. The quantitative estimate of drug-likeness (QED) is 0.369. The average molecular weight is 481 g/mol. The summed E-state index contributed by atoms with van der Waals surface area (Å²) in [5, 5.41) is 2.76. The van der Waals surface area contributed by atoms with Gasteiger partial charge in [0.1, 0.15) is 0 Å². The molecular weight excluding hydrogens is 452 g/mol. The van der Waals surface area contributed by atoms with Gasteiger partial charge in [-0.2, -0.15) is 0 Å². The molecule has 0 radical (unpaired) electrons. The highest BCUT2D eigenvalue weighted by molar-refractivity contribution is 8.93. The van der Waals surface area contributed by atoms with Gasteiger partial charge in [0.25, 0.3) is 0 Å². The zero-order valence-corrected chi connectivity index (χ0v) is 19.8. The predicted molar refractivity (Wildman–Crippen MR) is 125 cm³/mol. The van der Waals surface area contributed by atoms with Gasteiger partial charge in [-0.1, -0.05) is 24.8 Å². The van der Waals surface area contributed by atoms with Gasteiger partial charge in [-0.15, -0.1) is 17.0 Å². The number of rotatable bonds is 11. The van der Waals surface area contributed by atoms with E-state index in [1.807, 2.05) is 42.5 Å². The van der Waals surface area contributed by atoms with E-state index < -0.39 is 8.80 Å². The van der Waals surface area contributed by atoms with Crippen LogP contribution in [0.25, 0.3) is 0 Å². The fourth-order valence-electron chi connectivity index (χ4n) is 2.94. The molecule has 158 valence electrons. The first-order valence-electron chi connectivity index (χ1n) is 9.09. The average Bonchev–Trinajstić information content (AvgIpc) is 2.76. The predicted octanol–water partition coefficient (Wildman–Crippen LogP) is 4.80. The molecule has 0 heterocycles. The summed E-state index contributed by atoms with van der Waals surface area (Å²) < 4.78 is 16.6. The van der Waals surface area contributed by atoms with Crippen molar-refractivity contribution >= 4 is 48.8 Å². The van der Waals surface area contributed by atoms with Crippen molar-refractivity contribution < 1.29 is 18.1 Å². The van der Waals surface area contributed by atoms with Gasteiger partial charge >= 0.3 is 8.80 Å². The first-order valence-corrected chi connectivity index (χ1v) is 11.0. The van der Waals surface area contributed by atoms with Gasteiger partial charge in [0, 0.05) is 51.0 Å². The molecule has 8 heteroatoms. The molecule has 0 unspecified atom stereocenters. The summed E-state index contributed by atoms with van der Waals surface area (Å²) >= 11 is 0. The molecule has 0 aromatic heterocycles. The van der Waals surface area contributed by atoms with Crippen molar-refractivity contribution in [3.63, 3.8) is 0 Å². The van der Waals surface area contributed by atoms with Crippen molar-refractivity contribution in [1.82, 2.24) is 0 Å². The molecule has 0 atom stereocenters. The fourth-order valence-corrected chi connectivity index (χ4v) is 4.65. The molecule has 0 aliphatic heterocycles. The van der Waals surface area contributed by atoms with E-state index in [1.54, 1.807) is 21.3 Å². The van der Waals surface area contributed by atoms with E-state index in [0.29, 0.717) is 6.04 Å². The largest absolute Gasteiger partial charge is 0.500 e. The highest BCUT2D eigenvalue weighted by atomic mass is 79.9. The van der Waals surface area contributed by atoms with Crippen LogP contribution >= 0.6 is 17.0 Å². The van der Waals surface area contributed by atoms with Crippen LogP contribution in [0.5, 0.6) is 0 Å². The van der Waals surface area contributed by atoms with Gasteiger partial charge < -0.3 is 23.5 Å². The molecule has 29 heavy (non-hydrogen) atoms. The Morgan fingerprint density at radius 2 is 1.55 bits per heavy atom. The van der Waals surface area contributed by atoms with E-state index in [4.69, 9.17) is 13.3 Å². The van der Waals surface area contributed by atoms with Crippen molar-refractivity contribution in [3.05, 3.63) is 67.3 Å². The second-order valence-electron chi connectivity index (χ2n) is 6.13. The summed E-state index contributed by atoms with van der Waals surface area (Å²) in [6.45, 7) is 4.24. The van der Waals surface area contributed by atoms with E-state index in [0.717, 1.165) is 30.0 Å². The monoisotopic (exact) mass is 480 g/mol. The molecule has 0 aliphatic rings. The Labute approximate surface area is 184 Å². The Hall–Kier alpha value is -1.97. The van der Waals surface area contributed by atoms with Gasteiger partial charge in [0.15, 0.2) is 0 Å². The molecule has 2 aromatic rings. The Bertz CT molecular complexity index is 747. The minimum absolute atomic E-state index is 0. The zero-order chi connectivity index (χ0) is 20.4. The summed E-state index contributed by atoms with van der Waals surface area (Å²) in [4.78, 5) is 13.7. The van der Waals surface area contributed by atoms with Crippen LogP contribution in [-0.4, -0.2) is 42.6 Å². The van der Waals surface area contributed by atoms with E-state index in [9.17, 15) is 4.79 Å². The fraction of sp³-hybridized carbons (Fsp3) is 0.286. The van der Waals surface area contributed by atoms with Crippen LogP contribution in [0.2, 0.25) is 6.04 Å². The lowest BCUT2D eigenvalue weighted by atomic mass is 10.2. The van der Waals surface area contributed by atoms with Gasteiger partial charge in [0.05, 0.1) is 0 Å². The van der Waals surface area contributed by atoms with E-state index >= 15 is 0 Å². The number of nitrogens with zero attached hydrogens (tertiary/aromatic N) is 1. The topological polar surface area (TPSA) is 60.0 Å². The first kappa shape index (κ1) is 25.1. The Morgan fingerprint density at radius 1 is 1.00 bits per heavy atom. The number of anilines is 3. The number of benzene rings is 2. The Balaban J connectivity index is 0.00000420. The summed E-state index contributed by atoms with van der Waals surface area (Å²) in [5.41, 5.74) is 2.85. The minimum Gasteiger partial charge on any atom is -0.377 e. The molecule has 0 saturated carbocycles. The Kier molecular flexibility index (Phi) is 10.9. The molecule has 2 aromatic carbocycles. The van der Waals surface area contributed by atoms with E-state index in [1.165, 1.54) is 6.08 Å². The zero-order valence-electron chi connectivity index (χ0n) is 17.1. The molecule has 1 N–H and O–H groups in total. The molecule has 0 saturated heterocycles. The number of carbonyl (C=O) groups excluding carboxylic acids is 1. The second kappa shape index (κ2) is 12.6. The molecule has 0 aliphatic carbocycles. The number of hydrogen-bond donors (Lipinski definition) is 1. The van der Waals surface area contributed by atoms with Gasteiger partial charge in [-0.3, -0.25) is 4.79 Å². The number of halogens is 1. The molecule has 2 rings (SSSR count). The number of carbonyl (C=O) groups is 1. The van der Waals surface area contributed by atoms with Gasteiger partial charge in [-0.05, 0) is 48.9 Å². The molecule has 0 fully saturated rings. The van der Waals surface area contributed by atoms with Crippen LogP contribution in [0.4, 0.5) is 17.1 Å². The number of nitrogens with one attached hydrogen (secondary N) is 1. The number of amides is 1. The van der Waals surface area contributed by atoms with Crippen molar-refractivity contribution in [3.8, 4) is 0 Å². The molecule has 0 spiro atoms. The third-order valence-electron chi connectivity index (χ3n) is 4.50. The van der Waals surface area contributed by atoms with E-state index in [2.05, 4.69) is 28.9 Å². The molecular formula is C21H29BrN2O4Si. The second-order valence-corrected chi connectivity index (χ2v) is 9.22. The first-order chi connectivity index (χ1) is 13.6. The van der Waals surface area contributed by atoms with Crippen molar-refractivity contribution in [2.75, 3.05) is 38.1 Å². The van der Waals surface area contributed by atoms with Crippen LogP contribution in [0.1, 0.15) is 6.42 Å². The number of para-hydroxylation sites is 1. The standard InChI is InChI=1S/C21H28N2O4Si.BrH/c1-5-21(24)22-18-12-14-20(15-13-18)23(19-10-7-6-8-11-19)16-9-17-28(25-2,26-3)27-4;/h5-8,10-15H,1,9,16-17H2,2-4H3,(H,22,24);1H. The molecule has 1 amide bonds. The maximum absolute atomic E-state index is 11.5. The third-order valence-corrected chi connectivity index (χ3v) is 7.33. The van der Waals surface area contributed by atoms with Crippen LogP contribution in [0.15, 0.2) is 67.3 Å². The molecule has 6 nitrogen and oxygen atoms in total. The normalized spacial score (nSPS) is 10.7. The lowest BCUT2D eigenvalue weighted by molar-refractivity contribution is -0.111. The van der Waals surface area contributed by atoms with Crippen molar-refractivity contribution in [1.29, 1.82) is 0 Å². The van der Waals surface area contributed by atoms with Crippen LogP contribution < -0.4 is 10.2 Å². The molecule has 0 bridgehead atoms. The van der Waals surface area contributed by atoms with Gasteiger partial charge in [0.2, 0.25) is 5.91 Å². The van der Waals surface area contributed by atoms with Crippen LogP contribution in [0.3, 0.4) is 0 Å². The highest BCUT2D eigenvalue weighted by Gasteiger charge is 2.37. The maximum atomic E-state index is 11.5. The smallest absolute Gasteiger partial charge is 0.377 e. The highest BCUT2D eigenvalue weighted by Crippen LogP contribution is 2.28. The van der Waals surface area contributed by atoms with Crippen molar-refractivity contribution in [2.45, 2.75) is 12.5 Å². The third kappa shape index (κ3) is 7.09. The van der Waals surface area contributed by atoms with E-state index in [-0.39, 0.29) is 22.9 Å².